The minimum absolute atomic E-state index is 0.604. The van der Waals surface area contributed by atoms with Crippen LogP contribution in [0.25, 0.3) is 0 Å². The van der Waals surface area contributed by atoms with E-state index in [1.165, 1.54) is 11.1 Å². The molecule has 0 aliphatic rings. The molecule has 1 aromatic rings. The smallest absolute Gasteiger partial charge is 0.173 e. The summed E-state index contributed by atoms with van der Waals surface area (Å²) in [5.74, 6) is 1.21. The summed E-state index contributed by atoms with van der Waals surface area (Å²) in [6.07, 6.45) is 0. The first-order chi connectivity index (χ1) is 9.27. The Morgan fingerprint density at radius 1 is 1.00 bits per heavy atom. The topological polar surface area (TPSA) is 15.3 Å². The van der Waals surface area contributed by atoms with Crippen molar-refractivity contribution in [3.8, 4) is 0 Å². The molecular formula is C17H28N2S. The third-order valence-corrected chi connectivity index (χ3v) is 3.29. The van der Waals surface area contributed by atoms with Gasteiger partial charge in [0.1, 0.15) is 0 Å². The van der Waals surface area contributed by atoms with Crippen LogP contribution in [0, 0.1) is 25.7 Å². The van der Waals surface area contributed by atoms with Gasteiger partial charge < -0.3 is 10.2 Å². The van der Waals surface area contributed by atoms with E-state index in [4.69, 9.17) is 12.2 Å². The number of hydrogen-bond acceptors (Lipinski definition) is 1. The summed E-state index contributed by atoms with van der Waals surface area (Å²) in [7, 11) is 0. The Hall–Kier alpha value is -1.09. The predicted octanol–water partition coefficient (Wildman–Crippen LogP) is 4.61. The zero-order chi connectivity index (χ0) is 15.3. The molecule has 0 aliphatic carbocycles. The summed E-state index contributed by atoms with van der Waals surface area (Å²) in [5, 5.41) is 4.22. The Balaban J connectivity index is 2.78. The molecule has 2 nitrogen and oxygen atoms in total. The van der Waals surface area contributed by atoms with Crippen molar-refractivity contribution in [3.05, 3.63) is 29.3 Å². The van der Waals surface area contributed by atoms with Crippen LogP contribution in [0.3, 0.4) is 0 Å². The summed E-state index contributed by atoms with van der Waals surface area (Å²) >= 11 is 5.60. The maximum Gasteiger partial charge on any atom is 0.173 e. The summed E-state index contributed by atoms with van der Waals surface area (Å²) in [5.41, 5.74) is 3.61. The second-order valence-electron chi connectivity index (χ2n) is 6.50. The van der Waals surface area contributed by atoms with Crippen LogP contribution in [0.4, 0.5) is 5.69 Å². The molecule has 20 heavy (non-hydrogen) atoms. The van der Waals surface area contributed by atoms with Gasteiger partial charge in [0, 0.05) is 18.8 Å². The van der Waals surface area contributed by atoms with Crippen molar-refractivity contribution < 1.29 is 0 Å². The lowest BCUT2D eigenvalue weighted by atomic mass is 10.1. The number of aryl methyl sites for hydroxylation is 2. The van der Waals surface area contributed by atoms with Crippen molar-refractivity contribution in [2.45, 2.75) is 41.5 Å². The third kappa shape index (κ3) is 5.91. The highest BCUT2D eigenvalue weighted by molar-refractivity contribution is 7.80. The fourth-order valence-corrected chi connectivity index (χ4v) is 2.64. The minimum atomic E-state index is 0.604. The van der Waals surface area contributed by atoms with Crippen molar-refractivity contribution >= 4 is 23.0 Å². The molecule has 0 aromatic heterocycles. The average molecular weight is 292 g/mol. The largest absolute Gasteiger partial charge is 0.349 e. The van der Waals surface area contributed by atoms with Gasteiger partial charge in [-0.15, -0.1) is 0 Å². The molecule has 1 rings (SSSR count). The second kappa shape index (κ2) is 7.63. The molecule has 0 radical (unpaired) electrons. The van der Waals surface area contributed by atoms with Crippen molar-refractivity contribution in [1.29, 1.82) is 0 Å². The van der Waals surface area contributed by atoms with Gasteiger partial charge in [0.05, 0.1) is 0 Å². The molecule has 3 heteroatoms. The summed E-state index contributed by atoms with van der Waals surface area (Å²) in [4.78, 5) is 2.28. The maximum absolute atomic E-state index is 5.60. The number of benzene rings is 1. The summed E-state index contributed by atoms with van der Waals surface area (Å²) in [6, 6.07) is 6.46. The fraction of sp³-hybridized carbons (Fsp3) is 0.588. The molecule has 0 spiro atoms. The maximum atomic E-state index is 5.60. The Labute approximate surface area is 129 Å². The number of rotatable bonds is 5. The van der Waals surface area contributed by atoms with E-state index in [2.05, 4.69) is 70.0 Å². The standard InChI is InChI=1S/C17H28N2S/c1-12(2)10-19(11-13(3)4)17(20)18-16-8-14(5)7-15(6)9-16/h7-9,12-13H,10-11H2,1-6H3,(H,18,20). The molecular weight excluding hydrogens is 264 g/mol. The molecule has 0 aliphatic heterocycles. The van der Waals surface area contributed by atoms with Crippen molar-refractivity contribution in [1.82, 2.24) is 4.90 Å². The Morgan fingerprint density at radius 2 is 1.45 bits per heavy atom. The van der Waals surface area contributed by atoms with Crippen LogP contribution in [-0.2, 0) is 0 Å². The first kappa shape index (κ1) is 17.0. The number of thiocarbonyl (C=S) groups is 1. The van der Waals surface area contributed by atoms with Gasteiger partial charge in [-0.3, -0.25) is 0 Å². The average Bonchev–Trinajstić information content (AvgIpc) is 2.24. The highest BCUT2D eigenvalue weighted by Crippen LogP contribution is 2.15. The Bertz CT molecular complexity index is 422. The van der Waals surface area contributed by atoms with E-state index in [-0.39, 0.29) is 0 Å². The molecule has 0 saturated carbocycles. The first-order valence-corrected chi connectivity index (χ1v) is 7.83. The van der Waals surface area contributed by atoms with Gasteiger partial charge in [0.2, 0.25) is 0 Å². The number of anilines is 1. The molecule has 0 atom stereocenters. The van der Waals surface area contributed by atoms with Crippen molar-refractivity contribution in [2.24, 2.45) is 11.8 Å². The Morgan fingerprint density at radius 3 is 1.85 bits per heavy atom. The molecule has 0 unspecified atom stereocenters. The van der Waals surface area contributed by atoms with Crippen molar-refractivity contribution in [3.63, 3.8) is 0 Å². The molecule has 112 valence electrons. The van der Waals surface area contributed by atoms with Gasteiger partial charge in [0.25, 0.3) is 0 Å². The highest BCUT2D eigenvalue weighted by Gasteiger charge is 2.13. The molecule has 0 fully saturated rings. The Kier molecular flexibility index (Phi) is 6.47. The van der Waals surface area contributed by atoms with Gasteiger partial charge in [-0.2, -0.15) is 0 Å². The number of nitrogens with one attached hydrogen (secondary N) is 1. The van der Waals surface area contributed by atoms with Gasteiger partial charge in [-0.25, -0.2) is 0 Å². The summed E-state index contributed by atoms with van der Waals surface area (Å²) in [6.45, 7) is 15.1. The van der Waals surface area contributed by atoms with E-state index >= 15 is 0 Å². The number of nitrogens with zero attached hydrogens (tertiary/aromatic N) is 1. The zero-order valence-corrected chi connectivity index (χ0v) is 14.5. The van der Waals surface area contributed by atoms with Crippen LogP contribution in [0.5, 0.6) is 0 Å². The fourth-order valence-electron chi connectivity index (χ4n) is 2.37. The van der Waals surface area contributed by atoms with Crippen LogP contribution in [0.2, 0.25) is 0 Å². The molecule has 1 N–H and O–H groups in total. The minimum Gasteiger partial charge on any atom is -0.349 e. The van der Waals surface area contributed by atoms with Crippen LogP contribution in [0.15, 0.2) is 18.2 Å². The van der Waals surface area contributed by atoms with Crippen molar-refractivity contribution in [2.75, 3.05) is 18.4 Å². The molecule has 0 bridgehead atoms. The van der Waals surface area contributed by atoms with E-state index in [0.29, 0.717) is 11.8 Å². The summed E-state index contributed by atoms with van der Waals surface area (Å²) < 4.78 is 0. The van der Waals surface area contributed by atoms with Gasteiger partial charge in [-0.05, 0) is 61.2 Å². The lowest BCUT2D eigenvalue weighted by Crippen LogP contribution is -2.39. The lowest BCUT2D eigenvalue weighted by Gasteiger charge is -2.29. The monoisotopic (exact) mass is 292 g/mol. The zero-order valence-electron chi connectivity index (χ0n) is 13.7. The van der Waals surface area contributed by atoms with E-state index in [1.54, 1.807) is 0 Å². The van der Waals surface area contributed by atoms with E-state index < -0.39 is 0 Å². The second-order valence-corrected chi connectivity index (χ2v) is 6.89. The van der Waals surface area contributed by atoms with Gasteiger partial charge in [-0.1, -0.05) is 33.8 Å². The third-order valence-electron chi connectivity index (χ3n) is 2.93. The quantitative estimate of drug-likeness (QED) is 0.798. The highest BCUT2D eigenvalue weighted by atomic mass is 32.1. The normalized spacial score (nSPS) is 11.0. The van der Waals surface area contributed by atoms with Crippen LogP contribution in [0.1, 0.15) is 38.8 Å². The van der Waals surface area contributed by atoms with E-state index in [9.17, 15) is 0 Å². The van der Waals surface area contributed by atoms with Crippen LogP contribution in [-0.4, -0.2) is 23.1 Å². The molecule has 0 heterocycles. The van der Waals surface area contributed by atoms with E-state index in [1.807, 2.05) is 0 Å². The predicted molar refractivity (Wildman–Crippen MR) is 93.4 cm³/mol. The molecule has 1 aromatic carbocycles. The SMILES string of the molecule is Cc1cc(C)cc(NC(=S)N(CC(C)C)CC(C)C)c1. The number of hydrogen-bond donors (Lipinski definition) is 1. The molecule has 0 amide bonds. The first-order valence-electron chi connectivity index (χ1n) is 7.42. The lowest BCUT2D eigenvalue weighted by molar-refractivity contribution is 0.332. The van der Waals surface area contributed by atoms with Crippen LogP contribution < -0.4 is 5.32 Å². The van der Waals surface area contributed by atoms with Gasteiger partial charge >= 0.3 is 0 Å². The molecule has 0 saturated heterocycles. The van der Waals surface area contributed by atoms with E-state index in [0.717, 1.165) is 23.9 Å². The van der Waals surface area contributed by atoms with Gasteiger partial charge in [0.15, 0.2) is 5.11 Å². The van der Waals surface area contributed by atoms with Crippen LogP contribution >= 0.6 is 12.2 Å².